The summed E-state index contributed by atoms with van der Waals surface area (Å²) >= 11 is 0. The second-order valence-electron chi connectivity index (χ2n) is 2.22. The summed E-state index contributed by atoms with van der Waals surface area (Å²) in [6.45, 7) is 0. The fraction of sp³-hybridized carbons (Fsp3) is 0. The lowest BCUT2D eigenvalue weighted by Gasteiger charge is -1.85. The van der Waals surface area contributed by atoms with E-state index in [1.54, 1.807) is 6.20 Å². The summed E-state index contributed by atoms with van der Waals surface area (Å²) < 4.78 is 0. The Morgan fingerprint density at radius 1 is 1.20 bits per heavy atom. The lowest BCUT2D eigenvalue weighted by molar-refractivity contribution is 1.44. The van der Waals surface area contributed by atoms with Crippen molar-refractivity contribution in [1.82, 2.24) is 10.7 Å². The van der Waals surface area contributed by atoms with Crippen molar-refractivity contribution >= 4 is 16.6 Å². The van der Waals surface area contributed by atoms with Crippen molar-refractivity contribution < 1.29 is 0 Å². The van der Waals surface area contributed by atoms with Crippen molar-refractivity contribution in [3.63, 3.8) is 0 Å². The van der Waals surface area contributed by atoms with Crippen LogP contribution in [0.25, 0.3) is 10.9 Å². The van der Waals surface area contributed by atoms with E-state index in [9.17, 15) is 5.73 Å². The Morgan fingerprint density at radius 2 is 2.00 bits per heavy atom. The van der Waals surface area contributed by atoms with Crippen molar-refractivity contribution in [1.29, 1.82) is 0 Å². The normalized spacial score (nSPS) is 10.4. The Balaban J connectivity index is 2.93. The molecule has 0 fully saturated rings. The second-order valence-corrected chi connectivity index (χ2v) is 2.22. The second kappa shape index (κ2) is 1.77. The molecule has 10 heavy (non-hydrogen) atoms. The molecular formula is C8H6N2. The molecule has 0 aliphatic rings. The zero-order valence-corrected chi connectivity index (χ0v) is 5.33. The summed E-state index contributed by atoms with van der Waals surface area (Å²) in [7, 11) is 0. The van der Waals surface area contributed by atoms with Crippen LogP contribution in [0.1, 0.15) is 0 Å². The maximum Gasteiger partial charge on any atom is 0.111 e. The third-order valence-corrected chi connectivity index (χ3v) is 1.57. The molecule has 0 amide bonds. The fourth-order valence-corrected chi connectivity index (χ4v) is 1.06. The van der Waals surface area contributed by atoms with E-state index in [2.05, 4.69) is 4.98 Å². The van der Waals surface area contributed by atoms with Gasteiger partial charge in [-0.25, -0.2) is 0 Å². The summed E-state index contributed by atoms with van der Waals surface area (Å²) in [6, 6.07) is 7.63. The zero-order valence-electron chi connectivity index (χ0n) is 5.33. The van der Waals surface area contributed by atoms with Crippen LogP contribution in [-0.2, 0) is 0 Å². The van der Waals surface area contributed by atoms with E-state index in [-0.39, 0.29) is 0 Å². The lowest BCUT2D eigenvalue weighted by Crippen LogP contribution is -1.64. The van der Waals surface area contributed by atoms with Crippen LogP contribution in [0.3, 0.4) is 0 Å². The number of nitrogens with one attached hydrogen (secondary N) is 1. The summed E-state index contributed by atoms with van der Waals surface area (Å²) in [6.07, 6.45) is 1.59. The summed E-state index contributed by atoms with van der Waals surface area (Å²) in [4.78, 5) is 2.94. The van der Waals surface area contributed by atoms with E-state index in [1.807, 2.05) is 24.3 Å². The minimum atomic E-state index is 0.315. The first kappa shape index (κ1) is 5.35. The van der Waals surface area contributed by atoms with E-state index >= 15 is 0 Å². The molecule has 1 N–H and O–H groups in total. The van der Waals surface area contributed by atoms with Crippen LogP contribution in [0.5, 0.6) is 0 Å². The van der Waals surface area contributed by atoms with Crippen molar-refractivity contribution in [2.75, 3.05) is 0 Å². The maximum absolute atomic E-state index is 9.18. The number of nitrogens with zero attached hydrogens (tertiary/aromatic N) is 1. The number of benzene rings is 1. The molecule has 0 unspecified atom stereocenters. The van der Waals surface area contributed by atoms with E-state index in [0.717, 1.165) is 10.9 Å². The van der Waals surface area contributed by atoms with Crippen LogP contribution < -0.4 is 5.73 Å². The molecule has 2 heteroatoms. The molecule has 0 aliphatic carbocycles. The maximum atomic E-state index is 9.18. The predicted molar refractivity (Wildman–Crippen MR) is 40.1 cm³/mol. The lowest BCUT2D eigenvalue weighted by atomic mass is 10.2. The minimum absolute atomic E-state index is 0.315. The topological polar surface area (TPSA) is 38.1 Å². The number of hydrogen-bond acceptors (Lipinski definition) is 0. The summed E-state index contributed by atoms with van der Waals surface area (Å²) in [5.41, 5.74) is 10.5. The van der Waals surface area contributed by atoms with Crippen LogP contribution in [0.15, 0.2) is 30.5 Å². The number of H-pyrrole nitrogens is 1. The van der Waals surface area contributed by atoms with E-state index in [0.29, 0.717) is 5.69 Å². The number of aromatic amines is 1. The number of aromatic nitrogens is 1. The first-order valence-corrected chi connectivity index (χ1v) is 3.13. The third kappa shape index (κ3) is 0.589. The standard InChI is InChI=1S/C8H6N2/c9-7-5-10-8-4-2-1-3-6(7)8/h1-5,10H. The first-order chi connectivity index (χ1) is 4.88. The monoisotopic (exact) mass is 130 g/mol. The number of para-hydroxylation sites is 1. The van der Waals surface area contributed by atoms with Gasteiger partial charge in [0.25, 0.3) is 0 Å². The largest absolute Gasteiger partial charge is 0.359 e. The first-order valence-electron chi connectivity index (χ1n) is 3.13. The minimum Gasteiger partial charge on any atom is -0.359 e. The highest BCUT2D eigenvalue weighted by Gasteiger charge is 1.97. The van der Waals surface area contributed by atoms with Crippen molar-refractivity contribution in [3.05, 3.63) is 30.5 Å². The van der Waals surface area contributed by atoms with Gasteiger partial charge in [0.15, 0.2) is 0 Å². The van der Waals surface area contributed by atoms with Gasteiger partial charge in [-0.2, -0.15) is 0 Å². The molecule has 0 saturated carbocycles. The molecule has 0 saturated heterocycles. The van der Waals surface area contributed by atoms with Gasteiger partial charge in [-0.15, -0.1) is 5.73 Å². The smallest absolute Gasteiger partial charge is 0.111 e. The van der Waals surface area contributed by atoms with Crippen LogP contribution >= 0.6 is 0 Å². The van der Waals surface area contributed by atoms with E-state index in [1.165, 1.54) is 0 Å². The van der Waals surface area contributed by atoms with Gasteiger partial charge >= 0.3 is 0 Å². The molecule has 1 aromatic carbocycles. The summed E-state index contributed by atoms with van der Waals surface area (Å²) in [5, 5.41) is 0.877. The van der Waals surface area contributed by atoms with Gasteiger partial charge < -0.3 is 4.98 Å². The highest BCUT2D eigenvalue weighted by Crippen LogP contribution is 2.19. The Bertz CT molecular complexity index is 349. The highest BCUT2D eigenvalue weighted by atomic mass is 14.7. The van der Waals surface area contributed by atoms with Crippen LogP contribution in [0.4, 0.5) is 5.69 Å². The fourth-order valence-electron chi connectivity index (χ4n) is 1.06. The molecule has 2 radical (unpaired) electrons. The number of rotatable bonds is 0. The molecule has 1 heterocycles. The SMILES string of the molecule is [N]c1c[nH]c2ccccc12. The van der Waals surface area contributed by atoms with Gasteiger partial charge in [0.1, 0.15) is 5.69 Å². The average molecular weight is 130 g/mol. The molecule has 0 atom stereocenters. The Hall–Kier alpha value is -1.44. The van der Waals surface area contributed by atoms with Crippen molar-refractivity contribution in [3.8, 4) is 0 Å². The van der Waals surface area contributed by atoms with Crippen molar-refractivity contribution in [2.45, 2.75) is 0 Å². The van der Waals surface area contributed by atoms with Gasteiger partial charge in [-0.05, 0) is 6.07 Å². The van der Waals surface area contributed by atoms with Crippen LogP contribution in [0, 0.1) is 0 Å². The van der Waals surface area contributed by atoms with Gasteiger partial charge in [-0.1, -0.05) is 18.2 Å². The average Bonchev–Trinajstić information content (AvgIpc) is 2.34. The molecule has 0 bridgehead atoms. The Labute approximate surface area is 58.7 Å². The molecule has 48 valence electrons. The van der Waals surface area contributed by atoms with Crippen molar-refractivity contribution in [2.24, 2.45) is 0 Å². The molecule has 2 nitrogen and oxygen atoms in total. The van der Waals surface area contributed by atoms with Gasteiger partial charge in [0.2, 0.25) is 0 Å². The molecule has 0 aliphatic heterocycles. The molecular weight excluding hydrogens is 124 g/mol. The molecule has 2 rings (SSSR count). The highest BCUT2D eigenvalue weighted by molar-refractivity contribution is 5.89. The number of fused-ring (bicyclic) bond motifs is 1. The molecule has 2 aromatic rings. The Kier molecular flexibility index (Phi) is 0.947. The molecule has 0 spiro atoms. The van der Waals surface area contributed by atoms with E-state index in [4.69, 9.17) is 0 Å². The summed E-state index contributed by atoms with van der Waals surface area (Å²) in [5.74, 6) is 0. The van der Waals surface area contributed by atoms with E-state index < -0.39 is 0 Å². The van der Waals surface area contributed by atoms with Crippen LogP contribution in [-0.4, -0.2) is 4.98 Å². The quantitative estimate of drug-likeness (QED) is 0.565. The van der Waals surface area contributed by atoms with Crippen LogP contribution in [0.2, 0.25) is 0 Å². The predicted octanol–water partition coefficient (Wildman–Crippen LogP) is 1.87. The zero-order chi connectivity index (χ0) is 6.97. The van der Waals surface area contributed by atoms with Gasteiger partial charge in [0.05, 0.1) is 0 Å². The van der Waals surface area contributed by atoms with Gasteiger partial charge in [0, 0.05) is 17.1 Å². The Morgan fingerprint density at radius 3 is 2.80 bits per heavy atom. The third-order valence-electron chi connectivity index (χ3n) is 1.57. The molecule has 1 aromatic heterocycles. The van der Waals surface area contributed by atoms with Gasteiger partial charge in [-0.3, -0.25) is 0 Å². The number of hydrogen-bond donors (Lipinski definition) is 1.